The third kappa shape index (κ3) is 5.09. The van der Waals surface area contributed by atoms with E-state index in [1.165, 1.54) is 42.8 Å². The SMILES string of the molecule is O=C(NCc1ccc(F)cc1)C1CSC(C2CCCCC2)N1C(=O)c1ccc(F)cc1. The van der Waals surface area contributed by atoms with Gasteiger partial charge in [-0.15, -0.1) is 11.8 Å². The minimum atomic E-state index is -0.588. The maximum atomic E-state index is 13.4. The molecule has 2 aromatic rings. The molecule has 2 unspecified atom stereocenters. The number of rotatable bonds is 5. The van der Waals surface area contributed by atoms with Gasteiger partial charge >= 0.3 is 0 Å². The molecule has 1 N–H and O–H groups in total. The summed E-state index contributed by atoms with van der Waals surface area (Å²) in [4.78, 5) is 28.2. The molecule has 4 nitrogen and oxygen atoms in total. The number of amides is 2. The van der Waals surface area contributed by atoms with Crippen LogP contribution < -0.4 is 5.32 Å². The quantitative estimate of drug-likeness (QED) is 0.724. The molecule has 2 amide bonds. The Morgan fingerprint density at radius 2 is 1.55 bits per heavy atom. The van der Waals surface area contributed by atoms with Crippen molar-refractivity contribution in [1.82, 2.24) is 10.2 Å². The Morgan fingerprint density at radius 3 is 2.19 bits per heavy atom. The van der Waals surface area contributed by atoms with E-state index in [0.29, 0.717) is 17.2 Å². The van der Waals surface area contributed by atoms with E-state index in [2.05, 4.69) is 5.32 Å². The third-order valence-corrected chi connectivity index (χ3v) is 7.56. The maximum absolute atomic E-state index is 13.4. The van der Waals surface area contributed by atoms with Gasteiger partial charge < -0.3 is 10.2 Å². The molecule has 2 aromatic carbocycles. The summed E-state index contributed by atoms with van der Waals surface area (Å²) in [7, 11) is 0. The Hall–Kier alpha value is -2.41. The summed E-state index contributed by atoms with van der Waals surface area (Å²) in [5.74, 6) is -0.284. The molecule has 1 aliphatic heterocycles. The van der Waals surface area contributed by atoms with Crippen molar-refractivity contribution in [3.63, 3.8) is 0 Å². The first-order valence-electron chi connectivity index (χ1n) is 10.7. The van der Waals surface area contributed by atoms with Crippen LogP contribution in [0.15, 0.2) is 48.5 Å². The lowest BCUT2D eigenvalue weighted by atomic mass is 9.88. The molecule has 1 saturated carbocycles. The molecule has 0 bridgehead atoms. The van der Waals surface area contributed by atoms with Crippen molar-refractivity contribution >= 4 is 23.6 Å². The summed E-state index contributed by atoms with van der Waals surface area (Å²) in [5.41, 5.74) is 1.18. The van der Waals surface area contributed by atoms with Crippen LogP contribution in [-0.4, -0.2) is 33.9 Å². The van der Waals surface area contributed by atoms with E-state index in [4.69, 9.17) is 0 Å². The molecule has 0 spiro atoms. The molecule has 164 valence electrons. The lowest BCUT2D eigenvalue weighted by Crippen LogP contribution is -2.51. The van der Waals surface area contributed by atoms with Gasteiger partial charge in [-0.25, -0.2) is 8.78 Å². The molecule has 1 aliphatic carbocycles. The average Bonchev–Trinajstić information content (AvgIpc) is 3.24. The first kappa shape index (κ1) is 21.8. The number of hydrogen-bond acceptors (Lipinski definition) is 3. The first-order valence-corrected chi connectivity index (χ1v) is 11.8. The molecule has 1 saturated heterocycles. The van der Waals surface area contributed by atoms with E-state index in [0.717, 1.165) is 31.2 Å². The van der Waals surface area contributed by atoms with E-state index < -0.39 is 11.9 Å². The van der Waals surface area contributed by atoms with Gasteiger partial charge in [0.15, 0.2) is 0 Å². The van der Waals surface area contributed by atoms with E-state index in [1.807, 2.05) is 0 Å². The normalized spacial score (nSPS) is 21.8. The topological polar surface area (TPSA) is 49.4 Å². The van der Waals surface area contributed by atoms with Gasteiger partial charge in [0.25, 0.3) is 5.91 Å². The lowest BCUT2D eigenvalue weighted by molar-refractivity contribution is -0.125. The second-order valence-corrected chi connectivity index (χ2v) is 9.35. The number of carbonyl (C=O) groups excluding carboxylic acids is 2. The van der Waals surface area contributed by atoms with Crippen LogP contribution in [0.1, 0.15) is 48.0 Å². The monoisotopic (exact) mass is 444 g/mol. The summed E-state index contributed by atoms with van der Waals surface area (Å²) in [5, 5.41) is 2.84. The zero-order valence-corrected chi connectivity index (χ0v) is 18.0. The van der Waals surface area contributed by atoms with Crippen molar-refractivity contribution in [2.24, 2.45) is 5.92 Å². The van der Waals surface area contributed by atoms with Crippen LogP contribution in [0.3, 0.4) is 0 Å². The third-order valence-electron chi connectivity index (χ3n) is 6.10. The molecular formula is C24H26F2N2O2S. The van der Waals surface area contributed by atoms with Crippen LogP contribution in [0.25, 0.3) is 0 Å². The fourth-order valence-electron chi connectivity index (χ4n) is 4.42. The standard InChI is InChI=1S/C24H26F2N2O2S/c25-19-10-6-16(7-11-19)14-27-22(29)21-15-31-24(18-4-2-1-3-5-18)28(21)23(30)17-8-12-20(26)13-9-17/h6-13,18,21,24H,1-5,14-15H2,(H,27,29). The molecular weight excluding hydrogens is 418 g/mol. The second-order valence-electron chi connectivity index (χ2n) is 8.20. The van der Waals surface area contributed by atoms with Crippen LogP contribution in [0.4, 0.5) is 8.78 Å². The fourth-order valence-corrected chi connectivity index (χ4v) is 6.06. The van der Waals surface area contributed by atoms with Gasteiger partial charge in [0.2, 0.25) is 5.91 Å². The highest BCUT2D eigenvalue weighted by Crippen LogP contribution is 2.41. The van der Waals surface area contributed by atoms with Gasteiger partial charge in [-0.2, -0.15) is 0 Å². The summed E-state index contributed by atoms with van der Waals surface area (Å²) in [6.45, 7) is 0.271. The Balaban J connectivity index is 1.52. The number of halogens is 2. The molecule has 0 aromatic heterocycles. The van der Waals surface area contributed by atoms with Crippen molar-refractivity contribution in [1.29, 1.82) is 0 Å². The van der Waals surface area contributed by atoms with Crippen LogP contribution in [-0.2, 0) is 11.3 Å². The highest BCUT2D eigenvalue weighted by Gasteiger charge is 2.45. The zero-order valence-electron chi connectivity index (χ0n) is 17.2. The molecule has 7 heteroatoms. The Bertz CT molecular complexity index is 914. The first-order chi connectivity index (χ1) is 15.0. The van der Waals surface area contributed by atoms with Gasteiger partial charge in [0.05, 0.1) is 5.37 Å². The number of benzene rings is 2. The summed E-state index contributed by atoms with van der Waals surface area (Å²) >= 11 is 1.66. The van der Waals surface area contributed by atoms with E-state index in [9.17, 15) is 18.4 Å². The molecule has 0 radical (unpaired) electrons. The van der Waals surface area contributed by atoms with Gasteiger partial charge in [-0.3, -0.25) is 9.59 Å². The average molecular weight is 445 g/mol. The lowest BCUT2D eigenvalue weighted by Gasteiger charge is -2.35. The van der Waals surface area contributed by atoms with Gasteiger partial charge in [0.1, 0.15) is 17.7 Å². The molecule has 1 heterocycles. The number of nitrogens with zero attached hydrogens (tertiary/aromatic N) is 1. The van der Waals surface area contributed by atoms with Crippen LogP contribution in [0, 0.1) is 17.6 Å². The number of thioether (sulfide) groups is 1. The van der Waals surface area contributed by atoms with E-state index in [1.54, 1.807) is 28.8 Å². The highest BCUT2D eigenvalue weighted by atomic mass is 32.2. The molecule has 2 atom stereocenters. The maximum Gasteiger partial charge on any atom is 0.255 e. The Kier molecular flexibility index (Phi) is 6.90. The summed E-state index contributed by atoms with van der Waals surface area (Å²) < 4.78 is 26.5. The van der Waals surface area contributed by atoms with E-state index >= 15 is 0 Å². The van der Waals surface area contributed by atoms with Crippen molar-refractivity contribution in [2.45, 2.75) is 50.1 Å². The summed E-state index contributed by atoms with van der Waals surface area (Å²) in [6.07, 6.45) is 5.59. The minimum absolute atomic E-state index is 0.0561. The minimum Gasteiger partial charge on any atom is -0.350 e. The molecule has 4 rings (SSSR count). The van der Waals surface area contributed by atoms with Crippen LogP contribution >= 0.6 is 11.8 Å². The molecule has 2 fully saturated rings. The van der Waals surface area contributed by atoms with Crippen molar-refractivity contribution < 1.29 is 18.4 Å². The number of hydrogen-bond donors (Lipinski definition) is 1. The number of nitrogens with one attached hydrogen (secondary N) is 1. The van der Waals surface area contributed by atoms with Gasteiger partial charge in [-0.1, -0.05) is 31.4 Å². The largest absolute Gasteiger partial charge is 0.350 e. The second kappa shape index (κ2) is 9.81. The van der Waals surface area contributed by atoms with Gasteiger partial charge in [0, 0.05) is 17.9 Å². The predicted molar refractivity (Wildman–Crippen MR) is 117 cm³/mol. The fraction of sp³-hybridized carbons (Fsp3) is 0.417. The van der Waals surface area contributed by atoms with Crippen molar-refractivity contribution in [3.05, 3.63) is 71.3 Å². The van der Waals surface area contributed by atoms with Crippen molar-refractivity contribution in [3.8, 4) is 0 Å². The predicted octanol–water partition coefficient (Wildman–Crippen LogP) is 4.75. The summed E-state index contributed by atoms with van der Waals surface area (Å²) in [6, 6.07) is 10.9. The zero-order chi connectivity index (χ0) is 21.8. The Labute approximate surface area is 185 Å². The van der Waals surface area contributed by atoms with Gasteiger partial charge in [-0.05, 0) is 60.7 Å². The van der Waals surface area contributed by atoms with Crippen molar-refractivity contribution in [2.75, 3.05) is 5.75 Å². The van der Waals surface area contributed by atoms with Crippen LogP contribution in [0.5, 0.6) is 0 Å². The van der Waals surface area contributed by atoms with Crippen LogP contribution in [0.2, 0.25) is 0 Å². The molecule has 31 heavy (non-hydrogen) atoms. The number of carbonyl (C=O) groups is 2. The smallest absolute Gasteiger partial charge is 0.255 e. The highest BCUT2D eigenvalue weighted by molar-refractivity contribution is 8.00. The molecule has 2 aliphatic rings. The Morgan fingerprint density at radius 1 is 0.935 bits per heavy atom. The van der Waals surface area contributed by atoms with E-state index in [-0.39, 0.29) is 29.6 Å².